The summed E-state index contributed by atoms with van der Waals surface area (Å²) in [5, 5.41) is 8.50. The Morgan fingerprint density at radius 2 is 2.12 bits per heavy atom. The van der Waals surface area contributed by atoms with E-state index >= 15 is 0 Å². The van der Waals surface area contributed by atoms with Crippen LogP contribution in [-0.2, 0) is 14.3 Å². The van der Waals surface area contributed by atoms with Gasteiger partial charge in [-0.15, -0.1) is 11.8 Å². The summed E-state index contributed by atoms with van der Waals surface area (Å²) in [6, 6.07) is 7.18. The van der Waals surface area contributed by atoms with Gasteiger partial charge in [0.2, 0.25) is 0 Å². The molecule has 1 spiro atoms. The smallest absolute Gasteiger partial charge is 0.316 e. The fourth-order valence-electron chi connectivity index (χ4n) is 3.00. The molecule has 0 radical (unpaired) electrons. The van der Waals surface area contributed by atoms with Crippen LogP contribution in [0.4, 0.5) is 0 Å². The monoisotopic (exact) mass is 351 g/mol. The van der Waals surface area contributed by atoms with E-state index in [4.69, 9.17) is 14.6 Å². The molecule has 3 rings (SSSR count). The first-order valence-electron chi connectivity index (χ1n) is 8.00. The predicted molar refractivity (Wildman–Crippen MR) is 89.4 cm³/mol. The van der Waals surface area contributed by atoms with Crippen LogP contribution in [0.3, 0.4) is 0 Å². The van der Waals surface area contributed by atoms with Gasteiger partial charge in [-0.1, -0.05) is 12.1 Å². The zero-order valence-corrected chi connectivity index (χ0v) is 14.4. The van der Waals surface area contributed by atoms with Crippen molar-refractivity contribution in [3.8, 4) is 0 Å². The number of thioether (sulfide) groups is 1. The second kappa shape index (κ2) is 7.13. The van der Waals surface area contributed by atoms with Crippen molar-refractivity contribution in [2.75, 3.05) is 32.9 Å². The van der Waals surface area contributed by atoms with Gasteiger partial charge in [-0.05, 0) is 19.1 Å². The summed E-state index contributed by atoms with van der Waals surface area (Å²) < 4.78 is 11.3. The van der Waals surface area contributed by atoms with E-state index in [2.05, 4.69) is 0 Å². The van der Waals surface area contributed by atoms with Gasteiger partial charge in [-0.25, -0.2) is 0 Å². The number of aliphatic carboxylic acids is 1. The maximum Gasteiger partial charge on any atom is 0.316 e. The number of carboxylic acids is 1. The minimum Gasteiger partial charge on any atom is -0.480 e. The highest BCUT2D eigenvalue weighted by Gasteiger charge is 2.42. The van der Waals surface area contributed by atoms with E-state index in [0.717, 1.165) is 6.42 Å². The van der Waals surface area contributed by atoms with E-state index in [1.54, 1.807) is 30.0 Å². The van der Waals surface area contributed by atoms with Crippen LogP contribution in [0.25, 0.3) is 0 Å². The third-order valence-corrected chi connectivity index (χ3v) is 5.54. The Labute approximate surface area is 145 Å². The molecule has 130 valence electrons. The van der Waals surface area contributed by atoms with E-state index in [1.165, 1.54) is 11.8 Å². The summed E-state index contributed by atoms with van der Waals surface area (Å²) in [7, 11) is 0. The predicted octanol–water partition coefficient (Wildman–Crippen LogP) is 1.88. The lowest BCUT2D eigenvalue weighted by molar-refractivity contribution is -0.136. The highest BCUT2D eigenvalue weighted by molar-refractivity contribution is 8.00. The van der Waals surface area contributed by atoms with Gasteiger partial charge in [0.15, 0.2) is 0 Å². The highest BCUT2D eigenvalue weighted by Crippen LogP contribution is 2.31. The molecule has 0 saturated carbocycles. The van der Waals surface area contributed by atoms with Crippen molar-refractivity contribution in [1.82, 2.24) is 4.90 Å². The molecule has 0 aliphatic carbocycles. The van der Waals surface area contributed by atoms with E-state index < -0.39 is 11.2 Å². The summed E-state index contributed by atoms with van der Waals surface area (Å²) in [5.74, 6) is -0.971. The zero-order valence-electron chi connectivity index (χ0n) is 13.6. The maximum absolute atomic E-state index is 13.0. The van der Waals surface area contributed by atoms with Gasteiger partial charge in [0.25, 0.3) is 5.91 Å². The number of carbonyl (C=O) groups excluding carboxylic acids is 1. The van der Waals surface area contributed by atoms with Crippen molar-refractivity contribution in [3.63, 3.8) is 0 Å². The molecule has 0 aromatic heterocycles. The highest BCUT2D eigenvalue weighted by atomic mass is 32.2. The second-order valence-electron chi connectivity index (χ2n) is 6.16. The van der Waals surface area contributed by atoms with Gasteiger partial charge in [0.1, 0.15) is 10.9 Å². The molecule has 2 saturated heterocycles. The summed E-state index contributed by atoms with van der Waals surface area (Å²) in [4.78, 5) is 26.6. The van der Waals surface area contributed by atoms with Gasteiger partial charge in [-0.3, -0.25) is 9.59 Å². The summed E-state index contributed by atoms with van der Waals surface area (Å²) in [6.07, 6.45) is 0.795. The van der Waals surface area contributed by atoms with Crippen LogP contribution in [0.1, 0.15) is 23.7 Å². The molecular formula is C17H21NO5S. The number of nitrogens with zero attached hydrogens (tertiary/aromatic N) is 1. The number of carbonyl (C=O) groups is 2. The van der Waals surface area contributed by atoms with E-state index in [9.17, 15) is 9.59 Å². The van der Waals surface area contributed by atoms with Crippen molar-refractivity contribution < 1.29 is 24.2 Å². The number of morpholine rings is 1. The Bertz CT molecular complexity index is 629. The van der Waals surface area contributed by atoms with Crippen molar-refractivity contribution >= 4 is 23.6 Å². The van der Waals surface area contributed by atoms with Crippen molar-refractivity contribution in [2.45, 2.75) is 29.1 Å². The van der Waals surface area contributed by atoms with Crippen molar-refractivity contribution in [2.24, 2.45) is 0 Å². The third-order valence-electron chi connectivity index (χ3n) is 4.37. The molecule has 2 aliphatic heterocycles. The van der Waals surface area contributed by atoms with Gasteiger partial charge < -0.3 is 19.5 Å². The molecule has 2 aliphatic rings. The molecule has 7 heteroatoms. The standard InChI is InChI=1S/C17H21NO5S/c1-12(16(20)21)24-14-5-3-2-4-13(14)15(19)18-7-9-23-17(10-18)6-8-22-11-17/h2-5,12H,6-11H2,1H3,(H,20,21). The first-order valence-corrected chi connectivity index (χ1v) is 8.88. The second-order valence-corrected chi connectivity index (χ2v) is 7.54. The van der Waals surface area contributed by atoms with E-state index in [0.29, 0.717) is 43.4 Å². The molecule has 24 heavy (non-hydrogen) atoms. The quantitative estimate of drug-likeness (QED) is 0.835. The summed E-state index contributed by atoms with van der Waals surface area (Å²) >= 11 is 1.19. The Morgan fingerprint density at radius 3 is 2.83 bits per heavy atom. The number of hydrogen-bond acceptors (Lipinski definition) is 5. The Hall–Kier alpha value is -1.57. The number of ether oxygens (including phenoxy) is 2. The Kier molecular flexibility index (Phi) is 5.12. The molecule has 2 unspecified atom stereocenters. The lowest BCUT2D eigenvalue weighted by atomic mass is 10.00. The molecule has 0 bridgehead atoms. The molecule has 2 atom stereocenters. The van der Waals surface area contributed by atoms with Crippen LogP contribution in [0, 0.1) is 0 Å². The summed E-state index contributed by atoms with van der Waals surface area (Å²) in [5.41, 5.74) is 0.163. The topological polar surface area (TPSA) is 76.1 Å². The van der Waals surface area contributed by atoms with Crippen LogP contribution >= 0.6 is 11.8 Å². The number of carboxylic acid groups (broad SMARTS) is 1. The first-order chi connectivity index (χ1) is 11.5. The number of benzene rings is 1. The molecule has 1 aromatic carbocycles. The normalized spacial score (nSPS) is 25.0. The minimum atomic E-state index is -0.893. The van der Waals surface area contributed by atoms with Crippen LogP contribution in [-0.4, -0.2) is 65.6 Å². The van der Waals surface area contributed by atoms with Gasteiger partial charge in [0.05, 0.1) is 25.3 Å². The molecule has 1 N–H and O–H groups in total. The number of rotatable bonds is 4. The fourth-order valence-corrected chi connectivity index (χ4v) is 3.92. The molecule has 6 nitrogen and oxygen atoms in total. The van der Waals surface area contributed by atoms with Crippen LogP contribution < -0.4 is 0 Å². The number of amides is 1. The minimum absolute atomic E-state index is 0.0785. The average Bonchev–Trinajstić information content (AvgIpc) is 3.02. The number of hydrogen-bond donors (Lipinski definition) is 1. The maximum atomic E-state index is 13.0. The Balaban J connectivity index is 1.78. The van der Waals surface area contributed by atoms with Crippen molar-refractivity contribution in [1.29, 1.82) is 0 Å². The van der Waals surface area contributed by atoms with Crippen LogP contribution in [0.2, 0.25) is 0 Å². The SMILES string of the molecule is CC(Sc1ccccc1C(=O)N1CCOC2(CCOC2)C1)C(=O)O. The Morgan fingerprint density at radius 1 is 1.33 bits per heavy atom. The van der Waals surface area contributed by atoms with Gasteiger partial charge in [-0.2, -0.15) is 0 Å². The van der Waals surface area contributed by atoms with Gasteiger partial charge >= 0.3 is 5.97 Å². The average molecular weight is 351 g/mol. The molecule has 2 heterocycles. The molecule has 1 amide bonds. The fraction of sp³-hybridized carbons (Fsp3) is 0.529. The largest absolute Gasteiger partial charge is 0.480 e. The lowest BCUT2D eigenvalue weighted by Gasteiger charge is -2.39. The van der Waals surface area contributed by atoms with E-state index in [1.807, 2.05) is 6.07 Å². The van der Waals surface area contributed by atoms with Crippen molar-refractivity contribution in [3.05, 3.63) is 29.8 Å². The summed E-state index contributed by atoms with van der Waals surface area (Å²) in [6.45, 7) is 4.34. The van der Waals surface area contributed by atoms with E-state index in [-0.39, 0.29) is 11.5 Å². The zero-order chi connectivity index (χ0) is 17.2. The van der Waals surface area contributed by atoms with Crippen LogP contribution in [0.15, 0.2) is 29.2 Å². The van der Waals surface area contributed by atoms with Gasteiger partial charge in [0, 0.05) is 24.5 Å². The van der Waals surface area contributed by atoms with Crippen LogP contribution in [0.5, 0.6) is 0 Å². The molecule has 2 fully saturated rings. The lowest BCUT2D eigenvalue weighted by Crippen LogP contribution is -2.54. The molecular weight excluding hydrogens is 330 g/mol. The molecule has 1 aromatic rings. The third kappa shape index (κ3) is 3.58. The first kappa shape index (κ1) is 17.3.